The van der Waals surface area contributed by atoms with Crippen LogP contribution in [0.4, 0.5) is 0 Å². The number of benzene rings is 5. The fourth-order valence-electron chi connectivity index (χ4n) is 7.31. The number of aromatic nitrogens is 6. The van der Waals surface area contributed by atoms with E-state index in [9.17, 15) is 9.90 Å². The highest BCUT2D eigenvalue weighted by Crippen LogP contribution is 2.43. The minimum absolute atomic E-state index is 0.230. The molecule has 1 unspecified atom stereocenters. The largest absolute Gasteiger partial charge is 0.461 e. The number of aliphatic hydroxyl groups is 1. The van der Waals surface area contributed by atoms with Gasteiger partial charge in [0.1, 0.15) is 17.1 Å². The van der Waals surface area contributed by atoms with Crippen LogP contribution in [0.1, 0.15) is 84.0 Å². The van der Waals surface area contributed by atoms with Crippen molar-refractivity contribution in [1.29, 1.82) is 0 Å². The molecule has 1 N–H and O–H groups in total. The second-order valence-electron chi connectivity index (χ2n) is 13.3. The molecule has 5 aromatic carbocycles. The molecule has 0 aliphatic rings. The minimum Gasteiger partial charge on any atom is -0.461 e. The van der Waals surface area contributed by atoms with Crippen molar-refractivity contribution >= 4 is 5.97 Å². The fourth-order valence-corrected chi connectivity index (χ4v) is 7.31. The van der Waals surface area contributed by atoms with Crippen molar-refractivity contribution in [3.8, 4) is 22.5 Å². The lowest BCUT2D eigenvalue weighted by molar-refractivity contribution is 0.0506. The molecule has 0 aliphatic heterocycles. The van der Waals surface area contributed by atoms with E-state index in [-0.39, 0.29) is 6.61 Å². The zero-order valence-corrected chi connectivity index (χ0v) is 30.8. The molecule has 0 saturated heterocycles. The predicted molar refractivity (Wildman–Crippen MR) is 210 cm³/mol. The Bertz CT molecular complexity index is 2200. The number of carbonyl (C=O) groups is 1. The molecule has 1 atom stereocenters. The maximum atomic E-state index is 13.2. The Morgan fingerprint density at radius 1 is 0.759 bits per heavy atom. The number of nitrogens with zero attached hydrogens (tertiary/aromatic N) is 6. The quantitative estimate of drug-likeness (QED) is 0.0887. The average molecular weight is 717 g/mol. The lowest BCUT2D eigenvalue weighted by Gasteiger charge is -2.36. The van der Waals surface area contributed by atoms with Crippen molar-refractivity contribution in [2.75, 3.05) is 6.61 Å². The number of hydrogen-bond donors (Lipinski definition) is 1. The van der Waals surface area contributed by atoms with Crippen LogP contribution >= 0.6 is 0 Å². The number of imidazole rings is 1. The van der Waals surface area contributed by atoms with Gasteiger partial charge in [0, 0.05) is 18.5 Å². The van der Waals surface area contributed by atoms with Gasteiger partial charge in [-0.25, -0.2) is 14.5 Å². The van der Waals surface area contributed by atoms with Crippen molar-refractivity contribution < 1.29 is 14.6 Å². The first-order valence-corrected chi connectivity index (χ1v) is 18.6. The van der Waals surface area contributed by atoms with Crippen LogP contribution in [0.25, 0.3) is 22.5 Å². The van der Waals surface area contributed by atoms with Gasteiger partial charge in [-0.1, -0.05) is 153 Å². The van der Waals surface area contributed by atoms with Crippen LogP contribution in [0.5, 0.6) is 0 Å². The fraction of sp³-hybridized carbons (Fsp3) is 0.222. The summed E-state index contributed by atoms with van der Waals surface area (Å²) in [6.45, 7) is 6.16. The number of aryl methyl sites for hydroxylation is 1. The molecule has 0 bridgehead atoms. The Balaban J connectivity index is 1.32. The van der Waals surface area contributed by atoms with E-state index in [0.29, 0.717) is 30.2 Å². The van der Waals surface area contributed by atoms with E-state index >= 15 is 0 Å². The summed E-state index contributed by atoms with van der Waals surface area (Å²) >= 11 is 0. The first kappa shape index (κ1) is 36.2. The third-order valence-electron chi connectivity index (χ3n) is 9.83. The van der Waals surface area contributed by atoms with Crippen molar-refractivity contribution in [2.24, 2.45) is 0 Å². The second kappa shape index (κ2) is 16.2. The van der Waals surface area contributed by atoms with E-state index in [0.717, 1.165) is 57.6 Å². The molecule has 2 heterocycles. The molecular weight excluding hydrogens is 673 g/mol. The van der Waals surface area contributed by atoms with E-state index in [4.69, 9.17) is 20.0 Å². The number of esters is 1. The van der Waals surface area contributed by atoms with E-state index in [1.807, 2.05) is 76.0 Å². The highest BCUT2D eigenvalue weighted by atomic mass is 16.5. The van der Waals surface area contributed by atoms with Gasteiger partial charge in [-0.3, -0.25) is 0 Å². The maximum absolute atomic E-state index is 13.2. The summed E-state index contributed by atoms with van der Waals surface area (Å²) in [4.78, 5) is 18.0. The molecular formula is C45H44N6O3. The number of tetrazole rings is 1. The molecule has 7 aromatic rings. The van der Waals surface area contributed by atoms with E-state index < -0.39 is 17.6 Å². The number of unbranched alkanes of at least 4 members (excludes halogenated alkanes) is 1. The molecule has 272 valence electrons. The number of ether oxygens (including phenoxy) is 1. The average Bonchev–Trinajstić information content (AvgIpc) is 3.85. The standard InChI is InChI=1S/C45H44N6O3/c1-4-6-26-40-46-41(32(3)52)42(44(53)54-5-2)50(40)31-33-27-29-34(30-28-33)38-24-16-17-25-39(38)43-47-48-49-51(43)45(35-18-10-7-11-19-35,36-20-12-8-13-21-36)37-22-14-9-15-23-37/h7-25,27-30,32,52H,4-6,26,31H2,1-3H3. The topological polar surface area (TPSA) is 108 Å². The lowest BCUT2D eigenvalue weighted by atomic mass is 9.77. The normalized spacial score (nSPS) is 12.1. The molecule has 0 spiro atoms. The van der Waals surface area contributed by atoms with Crippen molar-refractivity contribution in [2.45, 2.75) is 58.2 Å². The molecule has 2 aromatic heterocycles. The van der Waals surface area contributed by atoms with Crippen LogP contribution in [0.3, 0.4) is 0 Å². The van der Waals surface area contributed by atoms with Gasteiger partial charge in [-0.05, 0) is 64.1 Å². The molecule has 9 heteroatoms. The summed E-state index contributed by atoms with van der Waals surface area (Å²) in [7, 11) is 0. The molecule has 0 amide bonds. The molecule has 9 nitrogen and oxygen atoms in total. The van der Waals surface area contributed by atoms with Crippen LogP contribution in [0.2, 0.25) is 0 Å². The molecule has 0 fully saturated rings. The molecule has 54 heavy (non-hydrogen) atoms. The highest BCUT2D eigenvalue weighted by Gasteiger charge is 2.42. The van der Waals surface area contributed by atoms with E-state index in [1.165, 1.54) is 0 Å². The number of aliphatic hydroxyl groups excluding tert-OH is 1. The van der Waals surface area contributed by atoms with E-state index in [1.54, 1.807) is 13.8 Å². The Labute approximate surface area is 315 Å². The van der Waals surface area contributed by atoms with Crippen LogP contribution in [-0.4, -0.2) is 47.4 Å². The summed E-state index contributed by atoms with van der Waals surface area (Å²) in [6.07, 6.45) is 1.66. The number of hydrogen-bond acceptors (Lipinski definition) is 7. The predicted octanol–water partition coefficient (Wildman–Crippen LogP) is 8.66. The maximum Gasteiger partial charge on any atom is 0.357 e. The van der Waals surface area contributed by atoms with Crippen LogP contribution < -0.4 is 0 Å². The monoisotopic (exact) mass is 716 g/mol. The minimum atomic E-state index is -0.911. The second-order valence-corrected chi connectivity index (χ2v) is 13.3. The lowest BCUT2D eigenvalue weighted by Crippen LogP contribution is -2.39. The summed E-state index contributed by atoms with van der Waals surface area (Å²) in [5.74, 6) is 0.898. The Morgan fingerprint density at radius 2 is 1.31 bits per heavy atom. The summed E-state index contributed by atoms with van der Waals surface area (Å²) in [5, 5.41) is 24.4. The third-order valence-corrected chi connectivity index (χ3v) is 9.83. The van der Waals surface area contributed by atoms with Gasteiger partial charge in [0.25, 0.3) is 0 Å². The van der Waals surface area contributed by atoms with Gasteiger partial charge in [0.2, 0.25) is 0 Å². The first-order chi connectivity index (χ1) is 26.5. The number of carbonyl (C=O) groups excluding carboxylic acids is 1. The zero-order valence-electron chi connectivity index (χ0n) is 30.8. The molecule has 0 radical (unpaired) electrons. The van der Waals surface area contributed by atoms with Gasteiger partial charge in [0.05, 0.1) is 12.7 Å². The van der Waals surface area contributed by atoms with Gasteiger partial charge < -0.3 is 14.4 Å². The van der Waals surface area contributed by atoms with E-state index in [2.05, 4.69) is 84.9 Å². The molecule has 7 rings (SSSR count). The summed E-state index contributed by atoms with van der Waals surface area (Å²) in [6, 6.07) is 47.6. The highest BCUT2D eigenvalue weighted by molar-refractivity contribution is 5.89. The Hall–Kier alpha value is -6.19. The third kappa shape index (κ3) is 6.86. The van der Waals surface area contributed by atoms with Crippen molar-refractivity contribution in [1.82, 2.24) is 29.8 Å². The summed E-state index contributed by atoms with van der Waals surface area (Å²) < 4.78 is 9.29. The van der Waals surface area contributed by atoms with Gasteiger partial charge >= 0.3 is 5.97 Å². The smallest absolute Gasteiger partial charge is 0.357 e. The number of rotatable bonds is 14. The SMILES string of the molecule is CCCCc1nc(C(C)O)c(C(=O)OCC)n1Cc1ccc(-c2ccccc2-c2nnnn2C(c2ccccc2)(c2ccccc2)c2ccccc2)cc1. The van der Waals surface area contributed by atoms with Gasteiger partial charge in [0.15, 0.2) is 11.5 Å². The van der Waals surface area contributed by atoms with Crippen LogP contribution in [0.15, 0.2) is 140 Å². The Kier molecular flexibility index (Phi) is 10.9. The van der Waals surface area contributed by atoms with Crippen molar-refractivity contribution in [3.05, 3.63) is 179 Å². The molecule has 0 saturated carbocycles. The summed E-state index contributed by atoms with van der Waals surface area (Å²) in [5.41, 5.74) is 6.66. The Morgan fingerprint density at radius 3 is 1.85 bits per heavy atom. The van der Waals surface area contributed by atoms with Crippen LogP contribution in [0, 0.1) is 0 Å². The van der Waals surface area contributed by atoms with Gasteiger partial charge in [-0.2, -0.15) is 0 Å². The molecule has 0 aliphatic carbocycles. The van der Waals surface area contributed by atoms with Crippen molar-refractivity contribution in [3.63, 3.8) is 0 Å². The zero-order chi connectivity index (χ0) is 37.5. The first-order valence-electron chi connectivity index (χ1n) is 18.6. The van der Waals surface area contributed by atoms with Crippen LogP contribution in [-0.2, 0) is 23.2 Å². The van der Waals surface area contributed by atoms with Gasteiger partial charge in [-0.15, -0.1) is 5.10 Å².